The van der Waals surface area contributed by atoms with Crippen molar-refractivity contribution in [3.8, 4) is 0 Å². The van der Waals surface area contributed by atoms with Gasteiger partial charge in [-0.15, -0.1) is 0 Å². The molecule has 6 atom stereocenters. The number of para-hydroxylation sites is 1. The zero-order valence-corrected chi connectivity index (χ0v) is 33.8. The van der Waals surface area contributed by atoms with Gasteiger partial charge in [0.25, 0.3) is 5.91 Å². The molecule has 0 radical (unpaired) electrons. The molecule has 1 aromatic heterocycles. The first-order chi connectivity index (χ1) is 27.3. The van der Waals surface area contributed by atoms with Crippen LogP contribution in [0.4, 0.5) is 0 Å². The van der Waals surface area contributed by atoms with Gasteiger partial charge in [-0.05, 0) is 76.0 Å². The van der Waals surface area contributed by atoms with E-state index < -0.39 is 59.9 Å². The Hall–Kier alpha value is -4.88. The minimum Gasteiger partial charge on any atom is -0.457 e. The van der Waals surface area contributed by atoms with E-state index in [0.717, 1.165) is 49.5 Å². The zero-order valence-electron chi connectivity index (χ0n) is 33.8. The number of piperidine rings is 1. The number of likely N-dealkylation sites (tertiary alicyclic amines) is 1. The van der Waals surface area contributed by atoms with Gasteiger partial charge in [-0.3, -0.25) is 24.1 Å². The van der Waals surface area contributed by atoms with Gasteiger partial charge in [-0.1, -0.05) is 87.2 Å². The fourth-order valence-corrected chi connectivity index (χ4v) is 7.97. The first kappa shape index (κ1) is 43.2. The smallest absolute Gasteiger partial charge is 0.332 e. The number of hydrogen-bond acceptors (Lipinski definition) is 9. The first-order valence-corrected chi connectivity index (χ1v) is 20.4. The van der Waals surface area contributed by atoms with E-state index in [2.05, 4.69) is 25.8 Å². The Balaban J connectivity index is 1.46. The summed E-state index contributed by atoms with van der Waals surface area (Å²) in [4.78, 5) is 74.2. The van der Waals surface area contributed by atoms with Crippen LogP contribution in [0.3, 0.4) is 0 Å². The van der Waals surface area contributed by atoms with Crippen molar-refractivity contribution in [1.29, 1.82) is 0 Å². The maximum Gasteiger partial charge on any atom is 0.332 e. The van der Waals surface area contributed by atoms with Crippen molar-refractivity contribution in [3.05, 3.63) is 78.0 Å². The Bertz CT molecular complexity index is 1830. The number of nitrogens with one attached hydrogen (secondary N) is 3. The number of benzene rings is 2. The predicted molar refractivity (Wildman–Crippen MR) is 218 cm³/mol. The number of primary amides is 1. The summed E-state index contributed by atoms with van der Waals surface area (Å²) in [7, 11) is 0. The number of amides is 4. The number of ether oxygens (including phenoxy) is 2. The summed E-state index contributed by atoms with van der Waals surface area (Å²) in [5, 5.41) is 9.73. The number of unbranched alkanes of at least 4 members (excludes halogenated alkanes) is 1. The van der Waals surface area contributed by atoms with Gasteiger partial charge in [0.1, 0.15) is 24.4 Å². The third-order valence-electron chi connectivity index (χ3n) is 10.8. The van der Waals surface area contributed by atoms with Gasteiger partial charge in [0.15, 0.2) is 0 Å². The van der Waals surface area contributed by atoms with Crippen LogP contribution in [-0.4, -0.2) is 95.6 Å². The molecule has 1 aliphatic heterocycles. The molecule has 5 N–H and O–H groups in total. The number of esters is 1. The molecule has 0 bridgehead atoms. The minimum absolute atomic E-state index is 0.0670. The largest absolute Gasteiger partial charge is 0.457 e. The number of rotatable bonds is 18. The van der Waals surface area contributed by atoms with Crippen LogP contribution in [0, 0.1) is 11.8 Å². The summed E-state index contributed by atoms with van der Waals surface area (Å²) in [6.07, 6.45) is 5.55. The molecule has 0 spiro atoms. The van der Waals surface area contributed by atoms with Crippen molar-refractivity contribution in [3.63, 3.8) is 0 Å². The van der Waals surface area contributed by atoms with Crippen molar-refractivity contribution in [2.24, 2.45) is 17.6 Å². The molecular weight excluding hydrogens is 725 g/mol. The summed E-state index contributed by atoms with van der Waals surface area (Å²) in [6.45, 7) is 8.79. The highest BCUT2D eigenvalue weighted by Crippen LogP contribution is 2.39. The van der Waals surface area contributed by atoms with E-state index >= 15 is 0 Å². The third kappa shape index (κ3) is 13.1. The Morgan fingerprint density at radius 1 is 0.930 bits per heavy atom. The van der Waals surface area contributed by atoms with E-state index in [-0.39, 0.29) is 31.2 Å². The molecule has 1 saturated carbocycles. The van der Waals surface area contributed by atoms with Crippen LogP contribution >= 0.6 is 0 Å². The van der Waals surface area contributed by atoms with Gasteiger partial charge in [-0.25, -0.2) is 9.78 Å². The number of carbonyl (C=O) groups is 5. The topological polar surface area (TPSA) is 182 Å². The van der Waals surface area contributed by atoms with Gasteiger partial charge in [-0.2, -0.15) is 0 Å². The molecule has 1 saturated heterocycles. The highest BCUT2D eigenvalue weighted by atomic mass is 16.6. The molecule has 1 aliphatic carbocycles. The summed E-state index contributed by atoms with van der Waals surface area (Å²) in [5.74, 6) is -2.03. The van der Waals surface area contributed by atoms with Crippen molar-refractivity contribution >= 4 is 40.5 Å². The average Bonchev–Trinajstić information content (AvgIpc) is 3.17. The number of hydrogen-bond donors (Lipinski definition) is 4. The number of fused-ring (bicyclic) bond motifs is 2. The standard InChI is InChI=1S/C44H60N6O7/c1-5-6-22-56-28-40(52)57-38(27-50-26-32-18-11-10-17-31(32)24-37(50)43(55)49-44(2,3)4)35(23-29-14-8-7-9-15-29)47-42(54)36(25-39(45)51)48-41(53)34-21-20-30-16-12-13-19-33(30)46-34/h7-9,12-16,19-21,31-32,35-38H,5-6,10-11,17-18,22-28H2,1-4H3,(H2,45,51)(H,47,54)(H,48,53)(H,49,55)/t31-,32+,35-,36-,37-,38+/m0/s1. The van der Waals surface area contributed by atoms with Crippen LogP contribution in [0.2, 0.25) is 0 Å². The molecule has 5 rings (SSSR count). The van der Waals surface area contributed by atoms with Crippen LogP contribution in [0.1, 0.15) is 95.1 Å². The second kappa shape index (κ2) is 20.5. The van der Waals surface area contributed by atoms with Crippen LogP contribution in [0.25, 0.3) is 10.9 Å². The quantitative estimate of drug-likeness (QED) is 0.107. The Labute approximate surface area is 336 Å². The summed E-state index contributed by atoms with van der Waals surface area (Å²) < 4.78 is 11.9. The van der Waals surface area contributed by atoms with Crippen LogP contribution in [-0.2, 0) is 35.1 Å². The molecule has 2 fully saturated rings. The van der Waals surface area contributed by atoms with Crippen molar-refractivity contribution in [1.82, 2.24) is 25.8 Å². The number of aromatic nitrogens is 1. The van der Waals surface area contributed by atoms with E-state index in [9.17, 15) is 24.0 Å². The number of nitrogens with two attached hydrogens (primary N) is 1. The summed E-state index contributed by atoms with van der Waals surface area (Å²) in [6, 6.07) is 17.4. The lowest BCUT2D eigenvalue weighted by atomic mass is 9.72. The minimum atomic E-state index is -1.36. The lowest BCUT2D eigenvalue weighted by Gasteiger charge is -2.47. The van der Waals surface area contributed by atoms with Crippen LogP contribution in [0.15, 0.2) is 66.7 Å². The predicted octanol–water partition coefficient (Wildman–Crippen LogP) is 4.46. The zero-order chi connectivity index (χ0) is 41.0. The van der Waals surface area contributed by atoms with E-state index in [1.807, 2.05) is 76.2 Å². The fraction of sp³-hybridized carbons (Fsp3) is 0.545. The van der Waals surface area contributed by atoms with E-state index in [1.54, 1.807) is 18.2 Å². The maximum atomic E-state index is 14.3. The van der Waals surface area contributed by atoms with E-state index in [0.29, 0.717) is 36.9 Å². The monoisotopic (exact) mass is 784 g/mol. The van der Waals surface area contributed by atoms with Crippen molar-refractivity contribution < 1.29 is 33.4 Å². The maximum absolute atomic E-state index is 14.3. The van der Waals surface area contributed by atoms with Crippen molar-refractivity contribution in [2.75, 3.05) is 26.3 Å². The summed E-state index contributed by atoms with van der Waals surface area (Å²) >= 11 is 0. The molecule has 2 aliphatic rings. The second-order valence-electron chi connectivity index (χ2n) is 16.6. The van der Waals surface area contributed by atoms with Crippen LogP contribution in [0.5, 0.6) is 0 Å². The number of nitrogens with zero attached hydrogens (tertiary/aromatic N) is 2. The molecule has 3 aromatic rings. The lowest BCUT2D eigenvalue weighted by Crippen LogP contribution is -2.61. The van der Waals surface area contributed by atoms with E-state index in [4.69, 9.17) is 15.2 Å². The lowest BCUT2D eigenvalue weighted by molar-refractivity contribution is -0.159. The summed E-state index contributed by atoms with van der Waals surface area (Å²) in [5.41, 5.74) is 6.68. The van der Waals surface area contributed by atoms with Gasteiger partial charge < -0.3 is 31.2 Å². The Kier molecular flexibility index (Phi) is 15.6. The van der Waals surface area contributed by atoms with Gasteiger partial charge in [0.2, 0.25) is 17.7 Å². The highest BCUT2D eigenvalue weighted by molar-refractivity contribution is 5.99. The molecule has 13 nitrogen and oxygen atoms in total. The normalized spacial score (nSPS) is 20.0. The third-order valence-corrected chi connectivity index (χ3v) is 10.8. The first-order valence-electron chi connectivity index (χ1n) is 20.4. The van der Waals surface area contributed by atoms with Gasteiger partial charge in [0.05, 0.1) is 24.0 Å². The SMILES string of the molecule is CCCCOCC(=O)O[C@H](CN1C[C@H]2CCCC[C@H]2C[C@H]1C(=O)NC(C)(C)C)[C@H](Cc1ccccc1)NC(=O)[C@H](CC(N)=O)NC(=O)c1ccc2ccccc2n1. The van der Waals surface area contributed by atoms with Gasteiger partial charge in [0, 0.05) is 30.6 Å². The van der Waals surface area contributed by atoms with Crippen molar-refractivity contribution in [2.45, 2.75) is 115 Å². The number of carbonyl (C=O) groups excluding carboxylic acids is 5. The Morgan fingerprint density at radius 3 is 2.37 bits per heavy atom. The molecule has 4 amide bonds. The molecule has 0 unspecified atom stereocenters. The number of pyridine rings is 1. The highest BCUT2D eigenvalue weighted by Gasteiger charge is 2.43. The van der Waals surface area contributed by atoms with E-state index in [1.165, 1.54) is 0 Å². The second-order valence-corrected chi connectivity index (χ2v) is 16.6. The fourth-order valence-electron chi connectivity index (χ4n) is 7.97. The molecule has 2 heterocycles. The average molecular weight is 785 g/mol. The molecule has 308 valence electrons. The molecule has 13 heteroatoms. The van der Waals surface area contributed by atoms with Gasteiger partial charge >= 0.3 is 5.97 Å². The molecular formula is C44H60N6O7. The Morgan fingerprint density at radius 2 is 1.65 bits per heavy atom. The molecule has 2 aromatic carbocycles. The van der Waals surface area contributed by atoms with Crippen LogP contribution < -0.4 is 21.7 Å². The molecule has 57 heavy (non-hydrogen) atoms.